The molecule has 12 nitrogen and oxygen atoms in total. The number of esters is 1. The molecule has 0 spiro atoms. The molecule has 386 valence electrons. The smallest absolute Gasteiger partial charge is 0.397 e. The maximum atomic E-state index is 12.9. The maximum Gasteiger partial charge on any atom is 0.397 e. The normalized spacial score (nSPS) is 19.6. The fourth-order valence-electron chi connectivity index (χ4n) is 8.55. The molecule has 1 aliphatic rings. The number of aliphatic hydroxyl groups excluding tert-OH is 3. The molecule has 0 radical (unpaired) electrons. The molecule has 0 saturated carbocycles. The lowest BCUT2D eigenvalue weighted by atomic mass is 9.99. The third-order valence-corrected chi connectivity index (χ3v) is 13.1. The predicted octanol–water partition coefficient (Wildman–Crippen LogP) is 12.6. The van der Waals surface area contributed by atoms with Gasteiger partial charge in [-0.15, -0.1) is 0 Å². The second kappa shape index (κ2) is 44.1. The lowest BCUT2D eigenvalue weighted by molar-refractivity contribution is -0.301. The van der Waals surface area contributed by atoms with E-state index in [1.807, 2.05) is 0 Å². The predicted molar refractivity (Wildman–Crippen MR) is 262 cm³/mol. The molecule has 0 aromatic rings. The van der Waals surface area contributed by atoms with E-state index in [4.69, 9.17) is 18.9 Å². The Bertz CT molecular complexity index is 1190. The molecule has 1 heterocycles. The van der Waals surface area contributed by atoms with Crippen molar-refractivity contribution in [2.45, 2.75) is 288 Å². The molecule has 0 aliphatic carbocycles. The summed E-state index contributed by atoms with van der Waals surface area (Å²) >= 11 is 0. The van der Waals surface area contributed by atoms with Crippen molar-refractivity contribution in [3.63, 3.8) is 0 Å². The first-order valence-corrected chi connectivity index (χ1v) is 28.3. The van der Waals surface area contributed by atoms with E-state index in [9.17, 15) is 33.1 Å². The molecule has 1 fully saturated rings. The van der Waals surface area contributed by atoms with Crippen LogP contribution >= 0.6 is 0 Å². The number of hydrogen-bond acceptors (Lipinski definition) is 11. The van der Waals surface area contributed by atoms with Crippen molar-refractivity contribution < 1.29 is 56.2 Å². The van der Waals surface area contributed by atoms with Crippen molar-refractivity contribution in [1.82, 2.24) is 0 Å². The monoisotopic (exact) mass is 949 g/mol. The second-order valence-electron chi connectivity index (χ2n) is 18.8. The summed E-state index contributed by atoms with van der Waals surface area (Å²) in [6, 6.07) is 0. The number of rotatable bonds is 48. The number of ether oxygens (including phenoxy) is 4. The molecule has 0 aromatic heterocycles. The van der Waals surface area contributed by atoms with Gasteiger partial charge in [0.05, 0.1) is 19.8 Å². The number of carbonyl (C=O) groups is 1. The van der Waals surface area contributed by atoms with E-state index < -0.39 is 59.8 Å². The Morgan fingerprint density at radius 3 is 1.42 bits per heavy atom. The van der Waals surface area contributed by atoms with Crippen LogP contribution < -0.4 is 0 Å². The van der Waals surface area contributed by atoms with Gasteiger partial charge < -0.3 is 34.3 Å². The van der Waals surface area contributed by atoms with Crippen molar-refractivity contribution in [1.29, 1.82) is 0 Å². The van der Waals surface area contributed by atoms with Gasteiger partial charge >= 0.3 is 16.4 Å². The molecule has 0 amide bonds. The van der Waals surface area contributed by atoms with Crippen molar-refractivity contribution in [3.05, 3.63) is 12.2 Å². The summed E-state index contributed by atoms with van der Waals surface area (Å²) in [5, 5.41) is 30.7. The average Bonchev–Trinajstić information content (AvgIpc) is 3.28. The standard InChI is InChI=1S/C52H100O12S/c1-3-5-7-9-11-13-15-17-18-19-20-21-22-23-24-25-26-27-28-29-30-32-34-36-38-40-42-60-44-46(62-48(54)41-39-37-35-33-31-16-14-12-10-8-6-4-2)45-61-52-50(56)51(64-65(57,58)59)49(55)47(43-53)63-52/h12,14,46-47,49-53,55-56H,3-11,13,15-45H2,1-2H3,(H,57,58,59)/b14-12-. The Morgan fingerprint density at radius 2 is 0.969 bits per heavy atom. The van der Waals surface area contributed by atoms with Crippen LogP contribution in [0.2, 0.25) is 0 Å². The zero-order chi connectivity index (χ0) is 47.5. The van der Waals surface area contributed by atoms with Gasteiger partial charge in [-0.05, 0) is 38.5 Å². The Labute approximate surface area is 398 Å². The minimum absolute atomic E-state index is 0.0386. The topological polar surface area (TPSA) is 178 Å². The van der Waals surface area contributed by atoms with E-state index in [-0.39, 0.29) is 19.6 Å². The van der Waals surface area contributed by atoms with Gasteiger partial charge in [-0.2, -0.15) is 8.42 Å². The molecule has 6 unspecified atom stereocenters. The number of hydrogen-bond donors (Lipinski definition) is 4. The van der Waals surface area contributed by atoms with Gasteiger partial charge in [-0.1, -0.05) is 219 Å². The van der Waals surface area contributed by atoms with Crippen molar-refractivity contribution in [2.75, 3.05) is 26.4 Å². The zero-order valence-corrected chi connectivity index (χ0v) is 42.4. The molecule has 0 bridgehead atoms. The number of unbranched alkanes of at least 4 members (excludes halogenated alkanes) is 33. The zero-order valence-electron chi connectivity index (χ0n) is 41.6. The van der Waals surface area contributed by atoms with E-state index in [1.165, 1.54) is 167 Å². The summed E-state index contributed by atoms with van der Waals surface area (Å²) in [5.74, 6) is -0.404. The van der Waals surface area contributed by atoms with Gasteiger partial charge in [0.25, 0.3) is 0 Å². The molecule has 6 atom stereocenters. The maximum absolute atomic E-state index is 12.9. The highest BCUT2D eigenvalue weighted by atomic mass is 32.3. The fourth-order valence-corrected chi connectivity index (χ4v) is 9.06. The first-order valence-electron chi connectivity index (χ1n) is 26.9. The van der Waals surface area contributed by atoms with Gasteiger partial charge in [-0.25, -0.2) is 4.18 Å². The Kier molecular flexibility index (Phi) is 41.9. The van der Waals surface area contributed by atoms with Crippen LogP contribution in [0.25, 0.3) is 0 Å². The van der Waals surface area contributed by atoms with Gasteiger partial charge in [-0.3, -0.25) is 9.35 Å². The minimum atomic E-state index is -5.06. The highest BCUT2D eigenvalue weighted by Crippen LogP contribution is 2.26. The van der Waals surface area contributed by atoms with E-state index in [1.54, 1.807) is 0 Å². The second-order valence-corrected chi connectivity index (χ2v) is 19.9. The largest absolute Gasteiger partial charge is 0.457 e. The van der Waals surface area contributed by atoms with E-state index in [0.29, 0.717) is 13.0 Å². The highest BCUT2D eigenvalue weighted by molar-refractivity contribution is 7.80. The summed E-state index contributed by atoms with van der Waals surface area (Å²) < 4.78 is 59.2. The lowest BCUT2D eigenvalue weighted by Gasteiger charge is -2.41. The van der Waals surface area contributed by atoms with Crippen molar-refractivity contribution in [2.24, 2.45) is 0 Å². The molecule has 13 heteroatoms. The van der Waals surface area contributed by atoms with E-state index >= 15 is 0 Å². The van der Waals surface area contributed by atoms with Crippen LogP contribution in [0, 0.1) is 0 Å². The molecule has 1 aliphatic heterocycles. The summed E-state index contributed by atoms with van der Waals surface area (Å²) in [5.41, 5.74) is 0. The Morgan fingerprint density at radius 1 is 0.569 bits per heavy atom. The van der Waals surface area contributed by atoms with Gasteiger partial charge in [0.15, 0.2) is 6.29 Å². The molecule has 1 rings (SSSR count). The van der Waals surface area contributed by atoms with Crippen LogP contribution in [-0.2, 0) is 38.3 Å². The lowest BCUT2D eigenvalue weighted by Crippen LogP contribution is -2.60. The van der Waals surface area contributed by atoms with Crippen LogP contribution in [0.3, 0.4) is 0 Å². The van der Waals surface area contributed by atoms with Crippen LogP contribution in [0.15, 0.2) is 12.2 Å². The fraction of sp³-hybridized carbons (Fsp3) is 0.942. The SMILES string of the molecule is CCCCC/C=C\CCCCCCCC(=O)OC(COCCCCCCCCCCCCCCCCCCCCCCCCCCCC)COC1OC(CO)C(O)C(OS(=O)(=O)O)C1O. The summed E-state index contributed by atoms with van der Waals surface area (Å²) in [4.78, 5) is 12.9. The van der Waals surface area contributed by atoms with Crippen molar-refractivity contribution in [3.8, 4) is 0 Å². The van der Waals surface area contributed by atoms with Gasteiger partial charge in [0.2, 0.25) is 0 Å². The quantitative estimate of drug-likeness (QED) is 0.0197. The molecule has 1 saturated heterocycles. The number of carbonyl (C=O) groups excluding carboxylic acids is 1. The summed E-state index contributed by atoms with van der Waals surface area (Å²) in [6.07, 6.45) is 41.3. The van der Waals surface area contributed by atoms with Crippen LogP contribution in [0.4, 0.5) is 0 Å². The highest BCUT2D eigenvalue weighted by Gasteiger charge is 2.48. The average molecular weight is 949 g/mol. The van der Waals surface area contributed by atoms with Crippen LogP contribution in [0.1, 0.15) is 251 Å². The first kappa shape index (κ1) is 61.9. The van der Waals surface area contributed by atoms with Gasteiger partial charge in [0, 0.05) is 13.0 Å². The minimum Gasteiger partial charge on any atom is -0.457 e. The molecule has 0 aromatic carbocycles. The van der Waals surface area contributed by atoms with Gasteiger partial charge in [0.1, 0.15) is 30.5 Å². The van der Waals surface area contributed by atoms with E-state index in [0.717, 1.165) is 57.8 Å². The molecular formula is C52H100O12S. The van der Waals surface area contributed by atoms with E-state index in [2.05, 4.69) is 30.2 Å². The van der Waals surface area contributed by atoms with Crippen LogP contribution in [-0.4, -0.2) is 97.5 Å². The third-order valence-electron chi connectivity index (χ3n) is 12.6. The Hall–Kier alpha value is -1.16. The summed E-state index contributed by atoms with van der Waals surface area (Å²) in [6.45, 7) is 4.00. The molecule has 65 heavy (non-hydrogen) atoms. The van der Waals surface area contributed by atoms with Crippen LogP contribution in [0.5, 0.6) is 0 Å². The first-order chi connectivity index (χ1) is 31.6. The van der Waals surface area contributed by atoms with Crippen molar-refractivity contribution >= 4 is 16.4 Å². The number of allylic oxidation sites excluding steroid dienone is 2. The summed E-state index contributed by atoms with van der Waals surface area (Å²) in [7, 11) is -5.06. The molecule has 4 N–H and O–H groups in total. The number of aliphatic hydroxyl groups is 3. The third kappa shape index (κ3) is 37.4. The Balaban J connectivity index is 2.24. The molecular weight excluding hydrogens is 849 g/mol.